The lowest BCUT2D eigenvalue weighted by atomic mass is 10.1. The third-order valence-electron chi connectivity index (χ3n) is 5.86. The number of carbonyl (C=O) groups excluding carboxylic acids is 2. The number of methoxy groups -OCH3 is 3. The lowest BCUT2D eigenvalue weighted by Crippen LogP contribution is -2.51. The lowest BCUT2D eigenvalue weighted by Gasteiger charge is -2.35. The van der Waals surface area contributed by atoms with Crippen molar-refractivity contribution in [2.75, 3.05) is 67.1 Å². The molecule has 0 aliphatic carbocycles. The largest absolute Gasteiger partial charge is 0.493 e. The van der Waals surface area contributed by atoms with Crippen LogP contribution in [-0.4, -0.2) is 93.7 Å². The third kappa shape index (κ3) is 5.91. The van der Waals surface area contributed by atoms with Gasteiger partial charge in [-0.2, -0.15) is 0 Å². The van der Waals surface area contributed by atoms with Crippen LogP contribution in [0, 0.1) is 0 Å². The van der Waals surface area contributed by atoms with Crippen LogP contribution in [0.15, 0.2) is 18.2 Å². The van der Waals surface area contributed by atoms with E-state index < -0.39 is 0 Å². The maximum Gasteiger partial charge on any atom is 0.246 e. The molecule has 2 aliphatic rings. The molecule has 0 N–H and O–H groups in total. The molecule has 3 rings (SSSR count). The minimum atomic E-state index is -0.0456. The number of amides is 2. The minimum absolute atomic E-state index is 0.0456. The topological polar surface area (TPSA) is 71.6 Å². The summed E-state index contributed by atoms with van der Waals surface area (Å²) in [5, 5.41) is 0. The van der Waals surface area contributed by atoms with Gasteiger partial charge in [-0.1, -0.05) is 0 Å². The first kappa shape index (κ1) is 22.9. The van der Waals surface area contributed by atoms with E-state index in [1.165, 1.54) is 6.42 Å². The van der Waals surface area contributed by atoms with Crippen molar-refractivity contribution in [3.8, 4) is 17.2 Å². The van der Waals surface area contributed by atoms with Crippen LogP contribution in [0.3, 0.4) is 0 Å². The van der Waals surface area contributed by atoms with Crippen LogP contribution in [0.1, 0.15) is 24.8 Å². The van der Waals surface area contributed by atoms with E-state index in [1.807, 2.05) is 9.80 Å². The molecule has 0 aromatic heterocycles. The molecule has 0 atom stereocenters. The molecule has 2 aliphatic heterocycles. The van der Waals surface area contributed by atoms with Crippen LogP contribution in [0.2, 0.25) is 0 Å². The molecule has 2 amide bonds. The fourth-order valence-electron chi connectivity index (χ4n) is 4.03. The molecule has 2 fully saturated rings. The Hall–Kier alpha value is -2.74. The van der Waals surface area contributed by atoms with E-state index in [4.69, 9.17) is 14.2 Å². The number of carbonyl (C=O) groups is 2. The second-order valence-corrected chi connectivity index (χ2v) is 7.83. The molecule has 8 nitrogen and oxygen atoms in total. The molecular formula is C23H33N3O5. The van der Waals surface area contributed by atoms with Crippen LogP contribution in [0.5, 0.6) is 17.2 Å². The Balaban J connectivity index is 1.53. The summed E-state index contributed by atoms with van der Waals surface area (Å²) in [6.07, 6.45) is 6.74. The monoisotopic (exact) mass is 431 g/mol. The molecule has 0 saturated carbocycles. The second-order valence-electron chi connectivity index (χ2n) is 7.83. The number of benzene rings is 1. The summed E-state index contributed by atoms with van der Waals surface area (Å²) in [6, 6.07) is 3.60. The maximum atomic E-state index is 12.6. The summed E-state index contributed by atoms with van der Waals surface area (Å²) in [5.41, 5.74) is 0.786. The van der Waals surface area contributed by atoms with Crippen molar-refractivity contribution in [3.05, 3.63) is 23.8 Å². The standard InChI is InChI=1S/C23H33N3O5/c1-29-19-15-18(16-20(30-2)23(19)31-3)7-8-21(27)26-13-11-24(12-14-26)17-22(28)25-9-5-4-6-10-25/h7-8,15-16H,4-6,9-14,17H2,1-3H3. The molecule has 0 bridgehead atoms. The first-order valence-electron chi connectivity index (χ1n) is 10.8. The number of hydrogen-bond acceptors (Lipinski definition) is 6. The number of piperidine rings is 1. The van der Waals surface area contributed by atoms with Gasteiger partial charge in [0.2, 0.25) is 17.6 Å². The van der Waals surface area contributed by atoms with Gasteiger partial charge in [0, 0.05) is 45.3 Å². The summed E-state index contributed by atoms with van der Waals surface area (Å²) in [5.74, 6) is 1.77. The first-order valence-corrected chi connectivity index (χ1v) is 10.8. The van der Waals surface area contributed by atoms with E-state index in [-0.39, 0.29) is 11.8 Å². The van der Waals surface area contributed by atoms with E-state index in [1.54, 1.807) is 45.6 Å². The van der Waals surface area contributed by atoms with E-state index in [9.17, 15) is 9.59 Å². The van der Waals surface area contributed by atoms with Gasteiger partial charge in [0.15, 0.2) is 11.5 Å². The maximum absolute atomic E-state index is 12.6. The highest BCUT2D eigenvalue weighted by Crippen LogP contribution is 2.38. The quantitative estimate of drug-likeness (QED) is 0.614. The molecule has 0 spiro atoms. The minimum Gasteiger partial charge on any atom is -0.493 e. The normalized spacial score (nSPS) is 17.6. The highest BCUT2D eigenvalue weighted by molar-refractivity contribution is 5.92. The molecule has 8 heteroatoms. The van der Waals surface area contributed by atoms with Crippen molar-refractivity contribution in [3.63, 3.8) is 0 Å². The van der Waals surface area contributed by atoms with Gasteiger partial charge in [0.25, 0.3) is 0 Å². The van der Waals surface area contributed by atoms with Gasteiger partial charge in [0.05, 0.1) is 27.9 Å². The van der Waals surface area contributed by atoms with Crippen molar-refractivity contribution in [1.82, 2.24) is 14.7 Å². The number of likely N-dealkylation sites (tertiary alicyclic amines) is 1. The fourth-order valence-corrected chi connectivity index (χ4v) is 4.03. The van der Waals surface area contributed by atoms with E-state index in [0.717, 1.165) is 31.5 Å². The summed E-state index contributed by atoms with van der Waals surface area (Å²) < 4.78 is 16.0. The molecule has 1 aromatic rings. The molecule has 31 heavy (non-hydrogen) atoms. The van der Waals surface area contributed by atoms with Crippen LogP contribution >= 0.6 is 0 Å². The zero-order chi connectivity index (χ0) is 22.2. The predicted molar refractivity (Wildman–Crippen MR) is 119 cm³/mol. The van der Waals surface area contributed by atoms with E-state index in [0.29, 0.717) is 50.0 Å². The molecular weight excluding hydrogens is 398 g/mol. The summed E-state index contributed by atoms with van der Waals surface area (Å²) in [7, 11) is 4.68. The van der Waals surface area contributed by atoms with Crippen LogP contribution < -0.4 is 14.2 Å². The average molecular weight is 432 g/mol. The SMILES string of the molecule is COc1cc(C=CC(=O)N2CCN(CC(=O)N3CCCCC3)CC2)cc(OC)c1OC. The zero-order valence-electron chi connectivity index (χ0n) is 18.8. The predicted octanol–water partition coefficient (Wildman–Crippen LogP) is 1.88. The van der Waals surface area contributed by atoms with Crippen LogP contribution in [0.25, 0.3) is 6.08 Å². The highest BCUT2D eigenvalue weighted by atomic mass is 16.5. The zero-order valence-corrected chi connectivity index (χ0v) is 18.8. The highest BCUT2D eigenvalue weighted by Gasteiger charge is 2.24. The van der Waals surface area contributed by atoms with E-state index >= 15 is 0 Å². The van der Waals surface area contributed by atoms with Crippen molar-refractivity contribution in [1.29, 1.82) is 0 Å². The van der Waals surface area contributed by atoms with Gasteiger partial charge < -0.3 is 24.0 Å². The Morgan fingerprint density at radius 3 is 2.00 bits per heavy atom. The molecule has 2 saturated heterocycles. The lowest BCUT2D eigenvalue weighted by molar-refractivity contribution is -0.134. The van der Waals surface area contributed by atoms with E-state index in [2.05, 4.69) is 4.90 Å². The van der Waals surface area contributed by atoms with Crippen molar-refractivity contribution >= 4 is 17.9 Å². The third-order valence-corrected chi connectivity index (χ3v) is 5.86. The number of rotatable bonds is 7. The Labute approximate surface area is 184 Å². The molecule has 0 unspecified atom stereocenters. The van der Waals surface area contributed by atoms with Gasteiger partial charge in [-0.25, -0.2) is 0 Å². The number of piperazine rings is 1. The summed E-state index contributed by atoms with van der Waals surface area (Å²) in [4.78, 5) is 31.0. The molecule has 2 heterocycles. The molecule has 0 radical (unpaired) electrons. The van der Waals surface area contributed by atoms with Gasteiger partial charge >= 0.3 is 0 Å². The van der Waals surface area contributed by atoms with Gasteiger partial charge in [-0.15, -0.1) is 0 Å². The number of nitrogens with zero attached hydrogens (tertiary/aromatic N) is 3. The second kappa shape index (κ2) is 11.0. The number of ether oxygens (including phenoxy) is 3. The van der Waals surface area contributed by atoms with Gasteiger partial charge in [-0.3, -0.25) is 14.5 Å². The Morgan fingerprint density at radius 1 is 0.839 bits per heavy atom. The van der Waals surface area contributed by atoms with Crippen molar-refractivity contribution in [2.45, 2.75) is 19.3 Å². The molecule has 1 aromatic carbocycles. The van der Waals surface area contributed by atoms with Crippen molar-refractivity contribution in [2.24, 2.45) is 0 Å². The Bertz CT molecular complexity index is 771. The van der Waals surface area contributed by atoms with Crippen molar-refractivity contribution < 1.29 is 23.8 Å². The number of hydrogen-bond donors (Lipinski definition) is 0. The smallest absolute Gasteiger partial charge is 0.246 e. The summed E-state index contributed by atoms with van der Waals surface area (Å²) >= 11 is 0. The summed E-state index contributed by atoms with van der Waals surface area (Å²) in [6.45, 7) is 4.86. The van der Waals surface area contributed by atoms with Crippen LogP contribution in [-0.2, 0) is 9.59 Å². The van der Waals surface area contributed by atoms with Crippen LogP contribution in [0.4, 0.5) is 0 Å². The molecule has 170 valence electrons. The first-order chi connectivity index (χ1) is 15.0. The Kier molecular flexibility index (Phi) is 8.17. The fraction of sp³-hybridized carbons (Fsp3) is 0.565. The average Bonchev–Trinajstić information content (AvgIpc) is 2.82. The Morgan fingerprint density at radius 2 is 1.45 bits per heavy atom. The van der Waals surface area contributed by atoms with Gasteiger partial charge in [0.1, 0.15) is 0 Å². The van der Waals surface area contributed by atoms with Gasteiger partial charge in [-0.05, 0) is 43.0 Å².